The molecule has 0 spiro atoms. The minimum absolute atomic E-state index is 0.0222. The minimum atomic E-state index is -0.109. The number of ether oxygens (including phenoxy) is 1. The quantitative estimate of drug-likeness (QED) is 0.545. The van der Waals surface area contributed by atoms with Crippen LogP contribution in [0.5, 0.6) is 5.75 Å². The molecule has 142 valence electrons. The molecule has 0 saturated heterocycles. The van der Waals surface area contributed by atoms with Gasteiger partial charge in [0, 0.05) is 17.0 Å². The predicted molar refractivity (Wildman–Crippen MR) is 111 cm³/mol. The summed E-state index contributed by atoms with van der Waals surface area (Å²) in [5.41, 5.74) is 1.07. The molecule has 2 aromatic heterocycles. The summed E-state index contributed by atoms with van der Waals surface area (Å²) in [6.45, 7) is 2.86. The minimum Gasteiger partial charge on any atom is -0.496 e. The molecule has 0 aliphatic carbocycles. The zero-order valence-electron chi connectivity index (χ0n) is 15.1. The highest BCUT2D eigenvalue weighted by Gasteiger charge is 2.12. The van der Waals surface area contributed by atoms with E-state index >= 15 is 0 Å². The third kappa shape index (κ3) is 5.18. The molecule has 8 heteroatoms. The van der Waals surface area contributed by atoms with E-state index in [9.17, 15) is 4.79 Å². The van der Waals surface area contributed by atoms with Crippen molar-refractivity contribution >= 4 is 39.0 Å². The molecule has 1 atom stereocenters. The predicted octanol–water partition coefficient (Wildman–Crippen LogP) is 4.05. The van der Waals surface area contributed by atoms with Gasteiger partial charge in [-0.25, -0.2) is 4.68 Å². The number of rotatable bonds is 8. The summed E-state index contributed by atoms with van der Waals surface area (Å²) < 4.78 is 7.92. The van der Waals surface area contributed by atoms with Crippen LogP contribution in [0.2, 0.25) is 0 Å². The average molecular weight is 449 g/mol. The van der Waals surface area contributed by atoms with Gasteiger partial charge in [-0.3, -0.25) is 4.79 Å². The number of hydrogen-bond acceptors (Lipinski definition) is 5. The average Bonchev–Trinajstić information content (AvgIpc) is 3.32. The zero-order chi connectivity index (χ0) is 19.2. The van der Waals surface area contributed by atoms with Crippen LogP contribution in [0.15, 0.2) is 52.4 Å². The number of methoxy groups -OCH3 is 1. The number of halogens is 1. The molecule has 1 amide bonds. The second-order valence-electron chi connectivity index (χ2n) is 6.00. The fourth-order valence-corrected chi connectivity index (χ4v) is 3.86. The zero-order valence-corrected chi connectivity index (χ0v) is 17.5. The largest absolute Gasteiger partial charge is 0.496 e. The first-order valence-electron chi connectivity index (χ1n) is 8.47. The summed E-state index contributed by atoms with van der Waals surface area (Å²) in [6, 6.07) is 11.8. The summed E-state index contributed by atoms with van der Waals surface area (Å²) >= 11 is 5.15. The highest BCUT2D eigenvalue weighted by atomic mass is 79.9. The van der Waals surface area contributed by atoms with Gasteiger partial charge in [-0.1, -0.05) is 12.1 Å². The first kappa shape index (κ1) is 19.6. The number of carbonyl (C=O) groups is 1. The molecular weight excluding hydrogens is 428 g/mol. The van der Waals surface area contributed by atoms with Crippen molar-refractivity contribution in [1.29, 1.82) is 0 Å². The lowest BCUT2D eigenvalue weighted by Crippen LogP contribution is -2.30. The molecule has 0 radical (unpaired) electrons. The molecule has 0 saturated carbocycles. The van der Waals surface area contributed by atoms with Crippen LogP contribution in [0.25, 0.3) is 0 Å². The Labute approximate surface area is 170 Å². The number of benzene rings is 1. The van der Waals surface area contributed by atoms with Gasteiger partial charge >= 0.3 is 0 Å². The van der Waals surface area contributed by atoms with Crippen molar-refractivity contribution < 1.29 is 9.53 Å². The molecule has 27 heavy (non-hydrogen) atoms. The summed E-state index contributed by atoms with van der Waals surface area (Å²) in [5.74, 6) is 1.36. The molecule has 0 aliphatic rings. The van der Waals surface area contributed by atoms with Crippen LogP contribution in [-0.4, -0.2) is 29.3 Å². The van der Waals surface area contributed by atoms with Crippen LogP contribution in [0, 0.1) is 0 Å². The van der Waals surface area contributed by atoms with E-state index in [1.54, 1.807) is 35.4 Å². The molecule has 6 nitrogen and oxygen atoms in total. The Balaban J connectivity index is 1.54. The van der Waals surface area contributed by atoms with Crippen molar-refractivity contribution in [2.24, 2.45) is 0 Å². The maximum Gasteiger partial charge on any atom is 0.239 e. The lowest BCUT2D eigenvalue weighted by Gasteiger charge is -2.16. The summed E-state index contributed by atoms with van der Waals surface area (Å²) in [5, 5.41) is 12.5. The molecule has 3 aromatic rings. The molecule has 0 bridgehead atoms. The summed E-state index contributed by atoms with van der Waals surface area (Å²) in [7, 11) is 1.63. The van der Waals surface area contributed by atoms with E-state index in [2.05, 4.69) is 31.7 Å². The third-order valence-electron chi connectivity index (χ3n) is 4.11. The number of hydrogen-bond donors (Lipinski definition) is 2. The van der Waals surface area contributed by atoms with Gasteiger partial charge in [0.15, 0.2) is 0 Å². The molecule has 0 aliphatic heterocycles. The van der Waals surface area contributed by atoms with Crippen LogP contribution >= 0.6 is 27.3 Å². The van der Waals surface area contributed by atoms with Crippen molar-refractivity contribution in [3.05, 3.63) is 62.9 Å². The Bertz CT molecular complexity index is 895. The number of thiophene rings is 1. The Morgan fingerprint density at radius 2 is 2.22 bits per heavy atom. The van der Waals surface area contributed by atoms with Gasteiger partial charge in [0.25, 0.3) is 0 Å². The van der Waals surface area contributed by atoms with Crippen molar-refractivity contribution in [2.45, 2.75) is 19.5 Å². The Hall–Kier alpha value is -2.16. The molecule has 2 heterocycles. The van der Waals surface area contributed by atoms with E-state index in [0.717, 1.165) is 15.8 Å². The van der Waals surface area contributed by atoms with Crippen molar-refractivity contribution in [3.63, 3.8) is 0 Å². The number of anilines is 1. The molecule has 1 unspecified atom stereocenters. The van der Waals surface area contributed by atoms with Crippen molar-refractivity contribution in [3.8, 4) is 5.75 Å². The van der Waals surface area contributed by atoms with Crippen LogP contribution < -0.4 is 15.4 Å². The van der Waals surface area contributed by atoms with E-state index in [-0.39, 0.29) is 18.5 Å². The second-order valence-corrected chi connectivity index (χ2v) is 7.88. The smallest absolute Gasteiger partial charge is 0.239 e. The van der Waals surface area contributed by atoms with E-state index in [0.29, 0.717) is 12.4 Å². The van der Waals surface area contributed by atoms with Gasteiger partial charge in [-0.05, 0) is 52.0 Å². The number of nitrogens with zero attached hydrogens (tertiary/aromatic N) is 2. The van der Waals surface area contributed by atoms with Crippen LogP contribution in [0.4, 0.5) is 5.82 Å². The molecule has 3 rings (SSSR count). The molecule has 2 N–H and O–H groups in total. The third-order valence-corrected chi connectivity index (χ3v) is 5.60. The molecule has 0 fully saturated rings. The first-order valence-corrected chi connectivity index (χ1v) is 10.1. The van der Waals surface area contributed by atoms with Gasteiger partial charge in [0.1, 0.15) is 11.6 Å². The Morgan fingerprint density at radius 1 is 1.37 bits per heavy atom. The lowest BCUT2D eigenvalue weighted by molar-refractivity contribution is -0.115. The fourth-order valence-electron chi connectivity index (χ4n) is 2.62. The normalized spacial score (nSPS) is 12.0. The van der Waals surface area contributed by atoms with Crippen LogP contribution in [0.3, 0.4) is 0 Å². The van der Waals surface area contributed by atoms with Gasteiger partial charge in [-0.15, -0.1) is 11.3 Å². The van der Waals surface area contributed by atoms with E-state index in [1.165, 1.54) is 4.88 Å². The molecule has 1 aromatic carbocycles. The monoisotopic (exact) mass is 448 g/mol. The summed E-state index contributed by atoms with van der Waals surface area (Å²) in [6.07, 6.45) is 1.69. The number of carbonyl (C=O) groups excluding carboxylic acids is 1. The SMILES string of the molecule is COc1ccc(C(C)NCC(=O)Nc2ccnn2Cc2cccs2)cc1Br. The second kappa shape index (κ2) is 9.16. The number of aromatic nitrogens is 2. The highest BCUT2D eigenvalue weighted by Crippen LogP contribution is 2.27. The molecular formula is C19H21BrN4O2S. The van der Waals surface area contributed by atoms with Gasteiger partial charge < -0.3 is 15.4 Å². The fraction of sp³-hybridized carbons (Fsp3) is 0.263. The number of amides is 1. The van der Waals surface area contributed by atoms with Crippen molar-refractivity contribution in [1.82, 2.24) is 15.1 Å². The van der Waals surface area contributed by atoms with E-state index < -0.39 is 0 Å². The van der Waals surface area contributed by atoms with E-state index in [1.807, 2.05) is 42.6 Å². The standard InChI is InChI=1S/C19H21BrN4O2S/c1-13(14-5-6-17(26-2)16(20)10-14)21-11-19(25)23-18-7-8-22-24(18)12-15-4-3-9-27-15/h3-10,13,21H,11-12H2,1-2H3,(H,23,25). The van der Waals surface area contributed by atoms with Crippen molar-refractivity contribution in [2.75, 3.05) is 19.0 Å². The maximum atomic E-state index is 12.3. The summed E-state index contributed by atoms with van der Waals surface area (Å²) in [4.78, 5) is 13.5. The number of nitrogens with one attached hydrogen (secondary N) is 2. The maximum absolute atomic E-state index is 12.3. The van der Waals surface area contributed by atoms with Gasteiger partial charge in [-0.2, -0.15) is 5.10 Å². The first-order chi connectivity index (χ1) is 13.1. The Morgan fingerprint density at radius 3 is 2.93 bits per heavy atom. The lowest BCUT2D eigenvalue weighted by atomic mass is 10.1. The van der Waals surface area contributed by atoms with Gasteiger partial charge in [0.05, 0.1) is 30.9 Å². The highest BCUT2D eigenvalue weighted by molar-refractivity contribution is 9.10. The van der Waals surface area contributed by atoms with Crippen LogP contribution in [0.1, 0.15) is 23.4 Å². The van der Waals surface area contributed by atoms with Gasteiger partial charge in [0.2, 0.25) is 5.91 Å². The Kier molecular flexibility index (Phi) is 6.65. The topological polar surface area (TPSA) is 68.2 Å². The van der Waals surface area contributed by atoms with Crippen LogP contribution in [-0.2, 0) is 11.3 Å². The van der Waals surface area contributed by atoms with E-state index in [4.69, 9.17) is 4.74 Å².